The summed E-state index contributed by atoms with van der Waals surface area (Å²) in [6.07, 6.45) is 0. The van der Waals surface area contributed by atoms with Crippen molar-refractivity contribution >= 4 is 17.6 Å². The molecule has 1 fully saturated rings. The summed E-state index contributed by atoms with van der Waals surface area (Å²) in [5, 5.41) is 5.48. The molecule has 0 bridgehead atoms. The van der Waals surface area contributed by atoms with Crippen LogP contribution >= 0.6 is 0 Å². The van der Waals surface area contributed by atoms with Crippen LogP contribution in [0.5, 0.6) is 0 Å². The predicted molar refractivity (Wildman–Crippen MR) is 122 cm³/mol. The average molecular weight is 425 g/mol. The number of hydrogen-bond donors (Lipinski definition) is 2. The second-order valence-corrected chi connectivity index (χ2v) is 7.95. The fourth-order valence-corrected chi connectivity index (χ4v) is 3.68. The van der Waals surface area contributed by atoms with E-state index in [1.54, 1.807) is 0 Å². The molecule has 3 amide bonds. The van der Waals surface area contributed by atoms with Crippen molar-refractivity contribution in [2.45, 2.75) is 26.4 Å². The van der Waals surface area contributed by atoms with E-state index < -0.39 is 0 Å². The van der Waals surface area contributed by atoms with Crippen molar-refractivity contribution < 1.29 is 14.3 Å². The highest BCUT2D eigenvalue weighted by Gasteiger charge is 2.24. The lowest BCUT2D eigenvalue weighted by Gasteiger charge is -2.35. The van der Waals surface area contributed by atoms with Crippen molar-refractivity contribution in [3.8, 4) is 0 Å². The molecule has 1 saturated heterocycles. The Balaban J connectivity index is 1.59. The minimum absolute atomic E-state index is 0.00689. The first-order valence-electron chi connectivity index (χ1n) is 10.8. The van der Waals surface area contributed by atoms with Crippen LogP contribution in [0.15, 0.2) is 54.6 Å². The molecule has 166 valence electrons. The van der Waals surface area contributed by atoms with Gasteiger partial charge in [-0.05, 0) is 37.1 Å². The van der Waals surface area contributed by atoms with Crippen molar-refractivity contribution in [3.05, 3.63) is 65.7 Å². The molecule has 31 heavy (non-hydrogen) atoms. The maximum atomic E-state index is 13.1. The minimum atomic E-state index is -0.389. The Bertz CT molecular complexity index is 853. The monoisotopic (exact) mass is 424 g/mol. The van der Waals surface area contributed by atoms with Gasteiger partial charge >= 0.3 is 6.03 Å². The predicted octanol–water partition coefficient (Wildman–Crippen LogP) is 2.87. The third-order valence-corrected chi connectivity index (χ3v) is 5.35. The van der Waals surface area contributed by atoms with Crippen LogP contribution in [0.25, 0.3) is 0 Å². The van der Waals surface area contributed by atoms with E-state index in [1.807, 2.05) is 66.4 Å². The summed E-state index contributed by atoms with van der Waals surface area (Å²) in [5.41, 5.74) is 2.82. The molecule has 3 rings (SSSR count). The number of aryl methyl sites for hydroxylation is 1. The molecular formula is C24H32N4O3. The van der Waals surface area contributed by atoms with E-state index in [4.69, 9.17) is 4.74 Å². The highest BCUT2D eigenvalue weighted by molar-refractivity contribution is 5.92. The van der Waals surface area contributed by atoms with Gasteiger partial charge in [-0.3, -0.25) is 9.69 Å². The molecule has 7 nitrogen and oxygen atoms in total. The zero-order valence-corrected chi connectivity index (χ0v) is 18.3. The van der Waals surface area contributed by atoms with Gasteiger partial charge in [0, 0.05) is 37.9 Å². The Kier molecular flexibility index (Phi) is 8.44. The topological polar surface area (TPSA) is 73.9 Å². The van der Waals surface area contributed by atoms with Gasteiger partial charge in [0.2, 0.25) is 5.91 Å². The summed E-state index contributed by atoms with van der Waals surface area (Å²) in [5.74, 6) is -0.107. The third-order valence-electron chi connectivity index (χ3n) is 5.35. The van der Waals surface area contributed by atoms with Crippen molar-refractivity contribution in [1.82, 2.24) is 15.1 Å². The number of morpholine rings is 1. The van der Waals surface area contributed by atoms with Gasteiger partial charge in [-0.2, -0.15) is 0 Å². The van der Waals surface area contributed by atoms with E-state index in [1.165, 1.54) is 0 Å². The molecule has 1 aliphatic rings. The SMILES string of the molecule is Cc1cccc(NC(=O)NCC(=O)N(Cc2ccccc2)C(C)CN2CCOCC2)c1. The Hall–Kier alpha value is -2.90. The number of anilines is 1. The number of urea groups is 1. The van der Waals surface area contributed by atoms with E-state index in [9.17, 15) is 9.59 Å². The number of nitrogens with zero attached hydrogens (tertiary/aromatic N) is 2. The zero-order chi connectivity index (χ0) is 22.1. The van der Waals surface area contributed by atoms with E-state index in [-0.39, 0.29) is 24.5 Å². The Morgan fingerprint density at radius 1 is 1.10 bits per heavy atom. The van der Waals surface area contributed by atoms with Crippen molar-refractivity contribution in [1.29, 1.82) is 0 Å². The van der Waals surface area contributed by atoms with Crippen LogP contribution in [0.3, 0.4) is 0 Å². The maximum absolute atomic E-state index is 13.1. The van der Waals surface area contributed by atoms with Gasteiger partial charge in [0.15, 0.2) is 0 Å². The smallest absolute Gasteiger partial charge is 0.319 e. The maximum Gasteiger partial charge on any atom is 0.319 e. The molecule has 2 aromatic rings. The second-order valence-electron chi connectivity index (χ2n) is 7.95. The normalized spacial score (nSPS) is 15.2. The molecule has 0 radical (unpaired) electrons. The molecule has 0 spiro atoms. The van der Waals surface area contributed by atoms with Crippen LogP contribution in [0.4, 0.5) is 10.5 Å². The number of carbonyl (C=O) groups is 2. The fourth-order valence-electron chi connectivity index (χ4n) is 3.68. The molecule has 7 heteroatoms. The number of rotatable bonds is 8. The summed E-state index contributed by atoms with van der Waals surface area (Å²) in [7, 11) is 0. The Morgan fingerprint density at radius 2 is 1.84 bits per heavy atom. The van der Waals surface area contributed by atoms with Crippen molar-refractivity contribution in [2.24, 2.45) is 0 Å². The van der Waals surface area contributed by atoms with Crippen LogP contribution in [0.1, 0.15) is 18.1 Å². The molecule has 1 heterocycles. The third kappa shape index (κ3) is 7.38. The van der Waals surface area contributed by atoms with E-state index in [0.717, 1.165) is 44.0 Å². The van der Waals surface area contributed by atoms with Gasteiger partial charge in [-0.15, -0.1) is 0 Å². The number of benzene rings is 2. The first-order valence-corrected chi connectivity index (χ1v) is 10.8. The number of hydrogen-bond acceptors (Lipinski definition) is 4. The molecule has 0 aliphatic carbocycles. The van der Waals surface area contributed by atoms with Gasteiger partial charge in [0.25, 0.3) is 0 Å². The van der Waals surface area contributed by atoms with Gasteiger partial charge in [0.05, 0.1) is 19.8 Å². The number of carbonyl (C=O) groups excluding carboxylic acids is 2. The number of nitrogens with one attached hydrogen (secondary N) is 2. The zero-order valence-electron chi connectivity index (χ0n) is 18.3. The van der Waals surface area contributed by atoms with Gasteiger partial charge in [-0.1, -0.05) is 42.5 Å². The minimum Gasteiger partial charge on any atom is -0.379 e. The molecule has 2 N–H and O–H groups in total. The number of amides is 3. The van der Waals surface area contributed by atoms with Gasteiger partial charge in [-0.25, -0.2) is 4.79 Å². The molecule has 0 saturated carbocycles. The molecular weight excluding hydrogens is 392 g/mol. The molecule has 1 atom stereocenters. The quantitative estimate of drug-likeness (QED) is 0.683. The van der Waals surface area contributed by atoms with E-state index in [0.29, 0.717) is 12.2 Å². The summed E-state index contributed by atoms with van der Waals surface area (Å²) >= 11 is 0. The standard InChI is InChI=1S/C24H32N4O3/c1-19-7-6-10-22(15-19)26-24(30)25-16-23(29)28(18-21-8-4-3-5-9-21)20(2)17-27-11-13-31-14-12-27/h3-10,15,20H,11-14,16-18H2,1-2H3,(H2,25,26,30). The highest BCUT2D eigenvalue weighted by atomic mass is 16.5. The van der Waals surface area contributed by atoms with Crippen LogP contribution in [0, 0.1) is 6.92 Å². The van der Waals surface area contributed by atoms with Crippen LogP contribution in [0.2, 0.25) is 0 Å². The van der Waals surface area contributed by atoms with Crippen molar-refractivity contribution in [3.63, 3.8) is 0 Å². The fraction of sp³-hybridized carbons (Fsp3) is 0.417. The Labute approximate surface area is 184 Å². The lowest BCUT2D eigenvalue weighted by atomic mass is 10.1. The largest absolute Gasteiger partial charge is 0.379 e. The van der Waals surface area contributed by atoms with Crippen molar-refractivity contribution in [2.75, 3.05) is 44.7 Å². The van der Waals surface area contributed by atoms with Gasteiger partial charge in [0.1, 0.15) is 0 Å². The summed E-state index contributed by atoms with van der Waals surface area (Å²) in [6.45, 7) is 8.43. The first kappa shape index (κ1) is 22.8. The van der Waals surface area contributed by atoms with Crippen LogP contribution < -0.4 is 10.6 Å². The van der Waals surface area contributed by atoms with Crippen LogP contribution in [-0.2, 0) is 16.1 Å². The number of ether oxygens (including phenoxy) is 1. The summed E-state index contributed by atoms with van der Waals surface area (Å²) < 4.78 is 5.43. The first-order chi connectivity index (χ1) is 15.0. The summed E-state index contributed by atoms with van der Waals surface area (Å²) in [6, 6.07) is 17.1. The summed E-state index contributed by atoms with van der Waals surface area (Å²) in [4.78, 5) is 29.5. The van der Waals surface area contributed by atoms with E-state index in [2.05, 4.69) is 22.5 Å². The molecule has 1 unspecified atom stereocenters. The second kappa shape index (κ2) is 11.5. The lowest BCUT2D eigenvalue weighted by Crippen LogP contribution is -2.50. The lowest BCUT2D eigenvalue weighted by molar-refractivity contribution is -0.133. The Morgan fingerprint density at radius 3 is 2.55 bits per heavy atom. The molecule has 1 aliphatic heterocycles. The average Bonchev–Trinajstić information content (AvgIpc) is 2.77. The van der Waals surface area contributed by atoms with Crippen LogP contribution in [-0.4, -0.2) is 67.2 Å². The molecule has 0 aromatic heterocycles. The molecule has 2 aromatic carbocycles. The highest BCUT2D eigenvalue weighted by Crippen LogP contribution is 2.12. The van der Waals surface area contributed by atoms with E-state index >= 15 is 0 Å². The van der Waals surface area contributed by atoms with Gasteiger partial charge < -0.3 is 20.3 Å².